The Morgan fingerprint density at radius 2 is 1.49 bits per heavy atom. The second-order valence-electron chi connectivity index (χ2n) is 12.3. The number of nitrogens with one attached hydrogen (secondary N) is 2. The minimum Gasteiger partial charge on any atom is -0.491 e. The number of carbonyl (C=O) groups is 1. The van der Waals surface area contributed by atoms with Crippen molar-refractivity contribution in [3.63, 3.8) is 0 Å². The highest BCUT2D eigenvalue weighted by molar-refractivity contribution is 8.02. The van der Waals surface area contributed by atoms with Crippen LogP contribution in [-0.4, -0.2) is 23.4 Å². The monoisotopic (exact) mass is 579 g/mol. The predicted molar refractivity (Wildman–Crippen MR) is 178 cm³/mol. The van der Waals surface area contributed by atoms with E-state index in [9.17, 15) is 4.79 Å². The molecule has 1 aliphatic heterocycles. The lowest BCUT2D eigenvalue weighted by Crippen LogP contribution is -2.22. The number of hydrogen-bond acceptors (Lipinski definition) is 4. The summed E-state index contributed by atoms with van der Waals surface area (Å²) in [5.41, 5.74) is 3.79. The Kier molecular flexibility index (Phi) is 14.5. The zero-order valence-corrected chi connectivity index (χ0v) is 26.8. The highest BCUT2D eigenvalue weighted by Gasteiger charge is 2.18. The second kappa shape index (κ2) is 18.0. The zero-order valence-electron chi connectivity index (χ0n) is 26.0. The van der Waals surface area contributed by atoms with Crippen LogP contribution in [0.2, 0.25) is 0 Å². The van der Waals surface area contributed by atoms with Crippen LogP contribution in [0.25, 0.3) is 0 Å². The Balaban J connectivity index is 1.47. The fourth-order valence-corrected chi connectivity index (χ4v) is 5.73. The number of carbonyl (C=O) groups excluding carboxylic acids is 1. The van der Waals surface area contributed by atoms with E-state index >= 15 is 0 Å². The summed E-state index contributed by atoms with van der Waals surface area (Å²) in [7, 11) is 0. The largest absolute Gasteiger partial charge is 0.491 e. The summed E-state index contributed by atoms with van der Waals surface area (Å²) in [4.78, 5) is 15.3. The maximum absolute atomic E-state index is 13.1. The van der Waals surface area contributed by atoms with Gasteiger partial charge in [0, 0.05) is 18.4 Å². The Labute approximate surface area is 253 Å². The van der Waals surface area contributed by atoms with Crippen LogP contribution in [0.5, 0.6) is 5.75 Å². The molecule has 5 nitrogen and oxygen atoms in total. The Morgan fingerprint density at radius 1 is 0.854 bits per heavy atom. The zero-order chi connectivity index (χ0) is 29.3. The van der Waals surface area contributed by atoms with Gasteiger partial charge in [-0.2, -0.15) is 0 Å². The number of nitrogens with zero attached hydrogens (tertiary/aromatic N) is 1. The Morgan fingerprint density at radius 3 is 2.12 bits per heavy atom. The van der Waals surface area contributed by atoms with E-state index in [1.807, 2.05) is 24.3 Å². The van der Waals surface area contributed by atoms with Gasteiger partial charge in [0.2, 0.25) is 0 Å². The summed E-state index contributed by atoms with van der Waals surface area (Å²) in [6.07, 6.45) is 17.9. The normalized spacial score (nSPS) is 13.0. The van der Waals surface area contributed by atoms with Crippen LogP contribution in [0.1, 0.15) is 116 Å². The van der Waals surface area contributed by atoms with Crippen LogP contribution in [0, 0.1) is 0 Å². The average Bonchev–Trinajstić information content (AvgIpc) is 3.45. The lowest BCUT2D eigenvalue weighted by Gasteiger charge is -2.22. The maximum atomic E-state index is 13.1. The molecule has 2 amide bonds. The summed E-state index contributed by atoms with van der Waals surface area (Å²) in [6, 6.07) is 13.9. The van der Waals surface area contributed by atoms with E-state index in [1.54, 1.807) is 11.8 Å². The number of para-hydroxylation sites is 1. The molecule has 0 atom stereocenters. The van der Waals surface area contributed by atoms with E-state index in [-0.39, 0.29) is 11.4 Å². The molecule has 0 aromatic heterocycles. The molecule has 0 unspecified atom stereocenters. The maximum Gasteiger partial charge on any atom is 0.323 e. The average molecular weight is 580 g/mol. The van der Waals surface area contributed by atoms with Crippen molar-refractivity contribution in [2.24, 2.45) is 0 Å². The van der Waals surface area contributed by atoms with E-state index in [0.29, 0.717) is 12.3 Å². The summed E-state index contributed by atoms with van der Waals surface area (Å²) < 4.78 is 6.27. The van der Waals surface area contributed by atoms with Gasteiger partial charge in [-0.15, -0.1) is 11.8 Å². The highest BCUT2D eigenvalue weighted by atomic mass is 32.2. The number of urea groups is 1. The van der Waals surface area contributed by atoms with Crippen LogP contribution in [0.15, 0.2) is 54.1 Å². The first kappa shape index (κ1) is 32.9. The molecule has 0 bridgehead atoms. The molecule has 0 fully saturated rings. The number of benzene rings is 2. The van der Waals surface area contributed by atoms with Gasteiger partial charge in [-0.25, -0.2) is 4.79 Å². The minimum atomic E-state index is -0.262. The van der Waals surface area contributed by atoms with E-state index < -0.39 is 0 Å². The van der Waals surface area contributed by atoms with Gasteiger partial charge in [-0.1, -0.05) is 123 Å². The van der Waals surface area contributed by atoms with Crippen LogP contribution in [0.3, 0.4) is 0 Å². The molecular weight excluding hydrogens is 526 g/mol. The summed E-state index contributed by atoms with van der Waals surface area (Å²) >= 11 is 1.78. The highest BCUT2D eigenvalue weighted by Crippen LogP contribution is 2.32. The van der Waals surface area contributed by atoms with Crippen molar-refractivity contribution < 1.29 is 9.53 Å². The van der Waals surface area contributed by atoms with E-state index in [4.69, 9.17) is 4.74 Å². The summed E-state index contributed by atoms with van der Waals surface area (Å²) in [5.74, 6) is 1.67. The standard InChI is InChI=1S/C35H53N3O2S/c1-5-6-7-8-9-10-11-12-13-14-15-18-24-40-33-26-30(35(2,3)4)21-22-32(33)37-34(39)36-31-20-17-16-19-29(31)27-38-23-25-41-28-38/h16-17,19-23,25-26H,5-15,18,24,27-28H2,1-4H3,(H2,36,37,39). The third-order valence-electron chi connectivity index (χ3n) is 7.60. The molecule has 226 valence electrons. The van der Waals surface area contributed by atoms with Crippen LogP contribution < -0.4 is 15.4 Å². The van der Waals surface area contributed by atoms with E-state index in [1.165, 1.54) is 76.2 Å². The van der Waals surface area contributed by atoms with Crippen LogP contribution >= 0.6 is 11.8 Å². The first-order valence-corrected chi connectivity index (χ1v) is 16.9. The number of unbranched alkanes of at least 4 members (excludes halogenated alkanes) is 11. The molecule has 0 saturated heterocycles. The molecule has 6 heteroatoms. The molecule has 2 aromatic carbocycles. The first-order chi connectivity index (χ1) is 19.9. The quantitative estimate of drug-likeness (QED) is 0.172. The van der Waals surface area contributed by atoms with E-state index in [2.05, 4.69) is 73.0 Å². The van der Waals surface area contributed by atoms with Gasteiger partial charge in [0.1, 0.15) is 5.75 Å². The van der Waals surface area contributed by atoms with E-state index in [0.717, 1.165) is 35.8 Å². The fraction of sp³-hybridized carbons (Fsp3) is 0.571. The summed E-state index contributed by atoms with van der Waals surface area (Å²) in [5, 5.41) is 8.21. The van der Waals surface area contributed by atoms with Crippen molar-refractivity contribution in [2.45, 2.75) is 117 Å². The van der Waals surface area contributed by atoms with Gasteiger partial charge in [-0.3, -0.25) is 0 Å². The number of hydrogen-bond donors (Lipinski definition) is 2. The number of anilines is 2. The van der Waals surface area contributed by atoms with Crippen molar-refractivity contribution >= 4 is 29.2 Å². The van der Waals surface area contributed by atoms with Crippen molar-refractivity contribution in [3.05, 3.63) is 65.2 Å². The molecule has 0 radical (unpaired) electrons. The second-order valence-corrected chi connectivity index (χ2v) is 13.1. The van der Waals surface area contributed by atoms with Crippen molar-refractivity contribution in [1.82, 2.24) is 4.90 Å². The lowest BCUT2D eigenvalue weighted by molar-refractivity contribution is 0.261. The number of amides is 2. The van der Waals surface area contributed by atoms with Crippen molar-refractivity contribution in [3.8, 4) is 5.75 Å². The molecule has 0 spiro atoms. The van der Waals surface area contributed by atoms with Gasteiger partial charge in [0.15, 0.2) is 0 Å². The number of ether oxygens (including phenoxy) is 1. The fourth-order valence-electron chi connectivity index (χ4n) is 5.02. The molecule has 3 rings (SSSR count). The molecule has 1 aliphatic rings. The minimum absolute atomic E-state index is 0.00383. The summed E-state index contributed by atoms with van der Waals surface area (Å²) in [6.45, 7) is 10.3. The molecule has 2 aromatic rings. The predicted octanol–water partition coefficient (Wildman–Crippen LogP) is 10.7. The first-order valence-electron chi connectivity index (χ1n) is 15.8. The molecular formula is C35H53N3O2S. The van der Waals surface area contributed by atoms with Crippen molar-refractivity contribution in [2.75, 3.05) is 23.1 Å². The Bertz CT molecular complexity index is 1080. The van der Waals surface area contributed by atoms with Crippen LogP contribution in [-0.2, 0) is 12.0 Å². The SMILES string of the molecule is CCCCCCCCCCCCCCOc1cc(C(C)(C)C)ccc1NC(=O)Nc1ccccc1CN1C=CSC1. The smallest absolute Gasteiger partial charge is 0.323 e. The topological polar surface area (TPSA) is 53.6 Å². The van der Waals surface area contributed by atoms with Gasteiger partial charge in [0.05, 0.1) is 18.2 Å². The van der Waals surface area contributed by atoms with Gasteiger partial charge >= 0.3 is 6.03 Å². The molecule has 0 saturated carbocycles. The molecule has 0 aliphatic carbocycles. The van der Waals surface area contributed by atoms with Crippen LogP contribution in [0.4, 0.5) is 16.2 Å². The molecule has 2 N–H and O–H groups in total. The molecule has 41 heavy (non-hydrogen) atoms. The van der Waals surface area contributed by atoms with Gasteiger partial charge < -0.3 is 20.3 Å². The van der Waals surface area contributed by atoms with Gasteiger partial charge in [-0.05, 0) is 46.6 Å². The van der Waals surface area contributed by atoms with Crippen molar-refractivity contribution in [1.29, 1.82) is 0 Å². The third-order valence-corrected chi connectivity index (χ3v) is 8.39. The number of rotatable bonds is 18. The third kappa shape index (κ3) is 12.4. The van der Waals surface area contributed by atoms with Gasteiger partial charge in [0.25, 0.3) is 0 Å². The number of thioether (sulfide) groups is 1. The molecule has 1 heterocycles. The lowest BCUT2D eigenvalue weighted by atomic mass is 9.87. The Hall–Kier alpha value is -2.60.